The fourth-order valence-electron chi connectivity index (χ4n) is 4.92. The summed E-state index contributed by atoms with van der Waals surface area (Å²) in [6, 6.07) is 7.26. The van der Waals surface area contributed by atoms with Crippen LogP contribution in [0.25, 0.3) is 0 Å². The number of phenols is 1. The number of amides is 1. The van der Waals surface area contributed by atoms with Crippen molar-refractivity contribution in [3.05, 3.63) is 64.9 Å². The minimum atomic E-state index is 0.121. The van der Waals surface area contributed by atoms with E-state index in [1.54, 1.807) is 12.1 Å². The molecule has 0 saturated heterocycles. The monoisotopic (exact) mass is 349 g/mol. The molecule has 0 bridgehead atoms. The summed E-state index contributed by atoms with van der Waals surface area (Å²) in [6.45, 7) is 9.32. The lowest BCUT2D eigenvalue weighted by molar-refractivity contribution is -0.124. The Morgan fingerprint density at radius 3 is 2.77 bits per heavy atom. The van der Waals surface area contributed by atoms with Crippen LogP contribution >= 0.6 is 0 Å². The van der Waals surface area contributed by atoms with E-state index in [1.807, 2.05) is 24.0 Å². The zero-order valence-corrected chi connectivity index (χ0v) is 15.7. The van der Waals surface area contributed by atoms with Gasteiger partial charge in [-0.2, -0.15) is 0 Å². The number of benzene rings is 1. The molecule has 4 rings (SSSR count). The molecular formula is C23H27NO2. The summed E-state index contributed by atoms with van der Waals surface area (Å²) in [5, 5.41) is 9.44. The highest BCUT2D eigenvalue weighted by Gasteiger charge is 2.45. The first kappa shape index (κ1) is 17.1. The Bertz CT molecular complexity index is 830. The number of carbonyl (C=O) groups excluding carboxylic acids is 1. The van der Waals surface area contributed by atoms with Crippen LogP contribution in [0.1, 0.15) is 45.1 Å². The number of carbonyl (C=O) groups is 1. The number of hydrogen-bond acceptors (Lipinski definition) is 2. The summed E-state index contributed by atoms with van der Waals surface area (Å²) >= 11 is 0. The van der Waals surface area contributed by atoms with E-state index in [0.717, 1.165) is 36.1 Å². The van der Waals surface area contributed by atoms with Gasteiger partial charge in [-0.15, -0.1) is 0 Å². The van der Waals surface area contributed by atoms with E-state index in [9.17, 15) is 9.90 Å². The molecular weight excluding hydrogens is 322 g/mol. The molecule has 136 valence electrons. The highest BCUT2D eigenvalue weighted by Crippen LogP contribution is 2.54. The summed E-state index contributed by atoms with van der Waals surface area (Å²) in [5.41, 5.74) is 5.88. The molecule has 1 aromatic carbocycles. The van der Waals surface area contributed by atoms with Crippen LogP contribution in [0.5, 0.6) is 5.75 Å². The van der Waals surface area contributed by atoms with Gasteiger partial charge < -0.3 is 10.0 Å². The van der Waals surface area contributed by atoms with Gasteiger partial charge in [0.05, 0.1) is 0 Å². The molecule has 3 aliphatic rings. The van der Waals surface area contributed by atoms with Crippen molar-refractivity contribution in [2.45, 2.75) is 46.0 Å². The maximum atomic E-state index is 12.9. The van der Waals surface area contributed by atoms with Crippen molar-refractivity contribution < 1.29 is 9.90 Å². The maximum absolute atomic E-state index is 12.9. The van der Waals surface area contributed by atoms with Crippen LogP contribution in [0.2, 0.25) is 0 Å². The van der Waals surface area contributed by atoms with Crippen molar-refractivity contribution >= 4 is 5.91 Å². The molecule has 0 radical (unpaired) electrons. The SMILES string of the molecule is C=C1CCCC2(C)C=C3C(=C(C)C(=O)N3CCc3ccc(O)cc3)CC12. The van der Waals surface area contributed by atoms with Crippen molar-refractivity contribution in [1.29, 1.82) is 0 Å². The number of aromatic hydroxyl groups is 1. The Kier molecular flexibility index (Phi) is 4.06. The van der Waals surface area contributed by atoms with E-state index in [1.165, 1.54) is 24.0 Å². The number of nitrogens with zero attached hydrogens (tertiary/aromatic N) is 1. The van der Waals surface area contributed by atoms with Gasteiger partial charge in [0.2, 0.25) is 0 Å². The molecule has 2 aliphatic carbocycles. The van der Waals surface area contributed by atoms with Gasteiger partial charge in [-0.05, 0) is 73.6 Å². The number of hydrogen-bond donors (Lipinski definition) is 1. The third-order valence-corrected chi connectivity index (χ3v) is 6.56. The van der Waals surface area contributed by atoms with E-state index >= 15 is 0 Å². The molecule has 26 heavy (non-hydrogen) atoms. The quantitative estimate of drug-likeness (QED) is 0.801. The smallest absolute Gasteiger partial charge is 0.254 e. The molecule has 1 aliphatic heterocycles. The van der Waals surface area contributed by atoms with Gasteiger partial charge in [0.25, 0.3) is 5.91 Å². The zero-order chi connectivity index (χ0) is 18.5. The summed E-state index contributed by atoms with van der Waals surface area (Å²) in [7, 11) is 0. The van der Waals surface area contributed by atoms with Crippen LogP contribution in [0, 0.1) is 11.3 Å². The van der Waals surface area contributed by atoms with E-state index in [4.69, 9.17) is 0 Å². The summed E-state index contributed by atoms with van der Waals surface area (Å²) in [6.07, 6.45) is 7.59. The highest BCUT2D eigenvalue weighted by molar-refractivity contribution is 6.00. The molecule has 2 atom stereocenters. The fourth-order valence-corrected chi connectivity index (χ4v) is 4.92. The van der Waals surface area contributed by atoms with E-state index in [2.05, 4.69) is 19.6 Å². The van der Waals surface area contributed by atoms with E-state index < -0.39 is 0 Å². The molecule has 3 nitrogen and oxygen atoms in total. The first-order valence-electron chi connectivity index (χ1n) is 9.59. The second-order valence-electron chi connectivity index (χ2n) is 8.28. The standard InChI is InChI=1S/C23H27NO2/c1-15-5-4-11-23(3)14-21-19(13-20(15)23)16(2)22(26)24(21)12-10-17-6-8-18(25)9-7-17/h6-9,14,20,25H,1,4-5,10-13H2,2-3H3. The lowest BCUT2D eigenvalue weighted by Gasteiger charge is -2.45. The van der Waals surface area contributed by atoms with Crippen LogP contribution in [0.15, 0.2) is 59.3 Å². The molecule has 0 spiro atoms. The molecule has 1 aromatic rings. The zero-order valence-electron chi connectivity index (χ0n) is 15.7. The van der Waals surface area contributed by atoms with Crippen molar-refractivity contribution in [2.24, 2.45) is 11.3 Å². The predicted molar refractivity (Wildman–Crippen MR) is 104 cm³/mol. The first-order chi connectivity index (χ1) is 12.4. The third kappa shape index (κ3) is 2.70. The van der Waals surface area contributed by atoms with Gasteiger partial charge in [0.15, 0.2) is 0 Å². The molecule has 1 saturated carbocycles. The molecule has 3 heteroatoms. The van der Waals surface area contributed by atoms with E-state index in [-0.39, 0.29) is 17.1 Å². The molecule has 2 unspecified atom stereocenters. The Hall–Kier alpha value is -2.29. The minimum Gasteiger partial charge on any atom is -0.508 e. The van der Waals surface area contributed by atoms with Crippen molar-refractivity contribution in [2.75, 3.05) is 6.54 Å². The van der Waals surface area contributed by atoms with Crippen LogP contribution < -0.4 is 0 Å². The molecule has 1 heterocycles. The van der Waals surface area contributed by atoms with Gasteiger partial charge in [-0.1, -0.05) is 37.3 Å². The number of phenolic OH excluding ortho intramolecular Hbond substituents is 1. The number of allylic oxidation sites excluding steroid dienone is 3. The van der Waals surface area contributed by atoms with Gasteiger partial charge in [0.1, 0.15) is 5.75 Å². The average molecular weight is 349 g/mol. The number of rotatable bonds is 3. The number of fused-ring (bicyclic) bond motifs is 2. The Balaban J connectivity index is 1.61. The van der Waals surface area contributed by atoms with Gasteiger partial charge >= 0.3 is 0 Å². The second-order valence-corrected chi connectivity index (χ2v) is 8.28. The van der Waals surface area contributed by atoms with Gasteiger partial charge in [-0.3, -0.25) is 4.79 Å². The van der Waals surface area contributed by atoms with Crippen LogP contribution in [-0.2, 0) is 11.2 Å². The molecule has 0 aromatic heterocycles. The van der Waals surface area contributed by atoms with E-state index in [0.29, 0.717) is 12.5 Å². The summed E-state index contributed by atoms with van der Waals surface area (Å²) < 4.78 is 0. The van der Waals surface area contributed by atoms with Crippen LogP contribution in [0.3, 0.4) is 0 Å². The molecule has 1 amide bonds. The normalized spacial score (nSPS) is 28.2. The van der Waals surface area contributed by atoms with Crippen LogP contribution in [-0.4, -0.2) is 22.5 Å². The van der Waals surface area contributed by atoms with Gasteiger partial charge in [-0.25, -0.2) is 0 Å². The fraction of sp³-hybridized carbons (Fsp3) is 0.435. The van der Waals surface area contributed by atoms with Crippen molar-refractivity contribution in [3.8, 4) is 5.75 Å². The lowest BCUT2D eigenvalue weighted by Crippen LogP contribution is -2.37. The van der Waals surface area contributed by atoms with Crippen molar-refractivity contribution in [1.82, 2.24) is 4.90 Å². The highest BCUT2D eigenvalue weighted by atomic mass is 16.3. The van der Waals surface area contributed by atoms with Crippen LogP contribution in [0.4, 0.5) is 0 Å². The Morgan fingerprint density at radius 1 is 1.31 bits per heavy atom. The maximum Gasteiger partial charge on any atom is 0.254 e. The minimum absolute atomic E-state index is 0.121. The summed E-state index contributed by atoms with van der Waals surface area (Å²) in [5.74, 6) is 0.893. The molecule has 1 N–H and O–H groups in total. The molecule has 1 fully saturated rings. The average Bonchev–Trinajstić information content (AvgIpc) is 2.83. The lowest BCUT2D eigenvalue weighted by atomic mass is 9.60. The second kappa shape index (κ2) is 6.15. The Morgan fingerprint density at radius 2 is 2.04 bits per heavy atom. The topological polar surface area (TPSA) is 40.5 Å². The van der Waals surface area contributed by atoms with Gasteiger partial charge in [0, 0.05) is 17.8 Å². The first-order valence-corrected chi connectivity index (χ1v) is 9.59. The van der Waals surface area contributed by atoms with Crippen molar-refractivity contribution in [3.63, 3.8) is 0 Å². The summed E-state index contributed by atoms with van der Waals surface area (Å²) in [4.78, 5) is 14.9. The third-order valence-electron chi connectivity index (χ3n) is 6.56. The largest absolute Gasteiger partial charge is 0.508 e. The predicted octanol–water partition coefficient (Wildman–Crippen LogP) is 4.74. The Labute approximate surface area is 155 Å².